The molecule has 0 unspecified atom stereocenters. The number of carbonyl (C=O) groups excluding carboxylic acids is 2. The highest BCUT2D eigenvalue weighted by atomic mass is 16.6. The molecule has 0 N–H and O–H groups in total. The van der Waals surface area contributed by atoms with Crippen molar-refractivity contribution in [3.63, 3.8) is 0 Å². The fourth-order valence-corrected chi connectivity index (χ4v) is 4.43. The molecule has 1 amide bonds. The topological polar surface area (TPSA) is 80.5 Å². The standard InChI is InChI=1S/C23H22N2O4/c1-23(2)13-19-22(20(26)14-23)18(15-7-6-10-17(11-15)25(28)29)12-21(27)24(19)16-8-4-3-5-9-16/h3-11,18H,12-14H2,1-2H3/t18-/m0/s1. The first-order valence-electron chi connectivity index (χ1n) is 9.65. The van der Waals surface area contributed by atoms with Gasteiger partial charge in [0.25, 0.3) is 5.69 Å². The predicted molar refractivity (Wildman–Crippen MR) is 109 cm³/mol. The van der Waals surface area contributed by atoms with E-state index in [0.29, 0.717) is 24.0 Å². The van der Waals surface area contributed by atoms with E-state index < -0.39 is 10.8 Å². The van der Waals surface area contributed by atoms with E-state index in [1.54, 1.807) is 17.0 Å². The Labute approximate surface area is 169 Å². The zero-order chi connectivity index (χ0) is 20.8. The van der Waals surface area contributed by atoms with Gasteiger partial charge in [0.05, 0.1) is 4.92 Å². The maximum atomic E-state index is 13.2. The van der Waals surface area contributed by atoms with Crippen LogP contribution < -0.4 is 4.90 Å². The Morgan fingerprint density at radius 2 is 1.76 bits per heavy atom. The summed E-state index contributed by atoms with van der Waals surface area (Å²) in [5.41, 5.74) is 2.44. The molecule has 0 fully saturated rings. The smallest absolute Gasteiger partial charge is 0.269 e. The summed E-state index contributed by atoms with van der Waals surface area (Å²) < 4.78 is 0. The number of nitro groups is 1. The molecule has 6 nitrogen and oxygen atoms in total. The number of carbonyl (C=O) groups is 2. The summed E-state index contributed by atoms with van der Waals surface area (Å²) in [7, 11) is 0. The zero-order valence-electron chi connectivity index (χ0n) is 16.4. The van der Waals surface area contributed by atoms with Gasteiger partial charge in [-0.25, -0.2) is 0 Å². The van der Waals surface area contributed by atoms with Gasteiger partial charge < -0.3 is 0 Å². The number of hydrogen-bond acceptors (Lipinski definition) is 4. The average Bonchev–Trinajstić information content (AvgIpc) is 2.67. The fourth-order valence-electron chi connectivity index (χ4n) is 4.43. The number of para-hydroxylation sites is 1. The van der Waals surface area contributed by atoms with Crippen molar-refractivity contribution in [3.8, 4) is 0 Å². The van der Waals surface area contributed by atoms with Crippen LogP contribution in [0.15, 0.2) is 65.9 Å². The number of benzene rings is 2. The molecule has 4 rings (SSSR count). The van der Waals surface area contributed by atoms with Crippen molar-refractivity contribution in [2.45, 2.75) is 39.0 Å². The molecule has 1 heterocycles. The fraction of sp³-hybridized carbons (Fsp3) is 0.304. The van der Waals surface area contributed by atoms with Crippen molar-refractivity contribution in [1.29, 1.82) is 0 Å². The predicted octanol–water partition coefficient (Wildman–Crippen LogP) is 4.76. The van der Waals surface area contributed by atoms with Gasteiger partial charge in [-0.1, -0.05) is 44.2 Å². The quantitative estimate of drug-likeness (QED) is 0.559. The van der Waals surface area contributed by atoms with Crippen molar-refractivity contribution in [2.24, 2.45) is 5.41 Å². The second-order valence-corrected chi connectivity index (χ2v) is 8.47. The first-order valence-corrected chi connectivity index (χ1v) is 9.65. The van der Waals surface area contributed by atoms with Crippen molar-refractivity contribution in [3.05, 3.63) is 81.5 Å². The van der Waals surface area contributed by atoms with E-state index in [4.69, 9.17) is 0 Å². The lowest BCUT2D eigenvalue weighted by molar-refractivity contribution is -0.384. The molecule has 0 saturated heterocycles. The number of rotatable bonds is 3. The summed E-state index contributed by atoms with van der Waals surface area (Å²) in [6.45, 7) is 4.05. The molecule has 6 heteroatoms. The third-order valence-electron chi connectivity index (χ3n) is 5.64. The summed E-state index contributed by atoms with van der Waals surface area (Å²) >= 11 is 0. The summed E-state index contributed by atoms with van der Waals surface area (Å²) in [4.78, 5) is 38.9. The van der Waals surface area contributed by atoms with E-state index in [9.17, 15) is 19.7 Å². The van der Waals surface area contributed by atoms with Gasteiger partial charge in [-0.05, 0) is 29.5 Å². The molecule has 2 aromatic rings. The van der Waals surface area contributed by atoms with Crippen LogP contribution in [0, 0.1) is 15.5 Å². The van der Waals surface area contributed by atoms with Crippen LogP contribution in [0.1, 0.15) is 44.6 Å². The Morgan fingerprint density at radius 1 is 1.03 bits per heavy atom. The molecule has 1 atom stereocenters. The average molecular weight is 390 g/mol. The minimum Gasteiger partial charge on any atom is -0.294 e. The largest absolute Gasteiger partial charge is 0.294 e. The van der Waals surface area contributed by atoms with Gasteiger partial charge in [-0.3, -0.25) is 24.6 Å². The lowest BCUT2D eigenvalue weighted by atomic mass is 9.69. The lowest BCUT2D eigenvalue weighted by Gasteiger charge is -2.42. The van der Waals surface area contributed by atoms with Crippen LogP contribution in [0.4, 0.5) is 11.4 Å². The number of allylic oxidation sites excluding steroid dienone is 2. The van der Waals surface area contributed by atoms with Crippen molar-refractivity contribution < 1.29 is 14.5 Å². The van der Waals surface area contributed by atoms with Crippen LogP contribution in [0.2, 0.25) is 0 Å². The Hall–Kier alpha value is -3.28. The molecule has 0 radical (unpaired) electrons. The lowest BCUT2D eigenvalue weighted by Crippen LogP contribution is -2.43. The molecule has 2 aliphatic rings. The molecule has 2 aromatic carbocycles. The molecule has 148 valence electrons. The van der Waals surface area contributed by atoms with Gasteiger partial charge >= 0.3 is 0 Å². The van der Waals surface area contributed by atoms with Gasteiger partial charge in [0.15, 0.2) is 5.78 Å². The number of nitrogens with zero attached hydrogens (tertiary/aromatic N) is 2. The zero-order valence-corrected chi connectivity index (χ0v) is 16.4. The SMILES string of the molecule is CC1(C)CC(=O)C2=C(C1)N(c1ccccc1)C(=O)C[C@H]2c1cccc([N+](=O)[O-])c1. The third-order valence-corrected chi connectivity index (χ3v) is 5.64. The van der Waals surface area contributed by atoms with Gasteiger partial charge in [-0.15, -0.1) is 0 Å². The molecular weight excluding hydrogens is 368 g/mol. The van der Waals surface area contributed by atoms with Crippen LogP contribution in [0.5, 0.6) is 0 Å². The minimum absolute atomic E-state index is 0.0150. The van der Waals surface area contributed by atoms with E-state index in [1.165, 1.54) is 12.1 Å². The molecule has 1 aliphatic carbocycles. The van der Waals surface area contributed by atoms with E-state index in [1.807, 2.05) is 44.2 Å². The number of anilines is 1. The van der Waals surface area contributed by atoms with Crippen molar-refractivity contribution in [1.82, 2.24) is 0 Å². The highest BCUT2D eigenvalue weighted by Crippen LogP contribution is 2.48. The summed E-state index contributed by atoms with van der Waals surface area (Å²) in [6, 6.07) is 15.6. The number of hydrogen-bond donors (Lipinski definition) is 0. The summed E-state index contributed by atoms with van der Waals surface area (Å²) in [5.74, 6) is -0.542. The highest BCUT2D eigenvalue weighted by molar-refractivity contribution is 6.07. The summed E-state index contributed by atoms with van der Waals surface area (Å²) in [6.07, 6.45) is 1.11. The van der Waals surface area contributed by atoms with Crippen LogP contribution in [-0.2, 0) is 9.59 Å². The molecule has 0 bridgehead atoms. The van der Waals surface area contributed by atoms with Crippen LogP contribution in [0.25, 0.3) is 0 Å². The van der Waals surface area contributed by atoms with E-state index in [-0.39, 0.29) is 29.2 Å². The first-order chi connectivity index (χ1) is 13.8. The molecule has 0 saturated carbocycles. The maximum Gasteiger partial charge on any atom is 0.269 e. The molecule has 1 aliphatic heterocycles. The number of amides is 1. The molecule has 0 spiro atoms. The van der Waals surface area contributed by atoms with Crippen LogP contribution in [0.3, 0.4) is 0 Å². The van der Waals surface area contributed by atoms with Gasteiger partial charge in [0.1, 0.15) is 0 Å². The third kappa shape index (κ3) is 3.46. The van der Waals surface area contributed by atoms with E-state index >= 15 is 0 Å². The van der Waals surface area contributed by atoms with Gasteiger partial charge in [0, 0.05) is 47.8 Å². The van der Waals surface area contributed by atoms with Crippen LogP contribution in [-0.4, -0.2) is 16.6 Å². The Kier molecular flexibility index (Phi) is 4.57. The number of non-ortho nitro benzene ring substituents is 1. The monoisotopic (exact) mass is 390 g/mol. The Morgan fingerprint density at radius 3 is 2.45 bits per heavy atom. The Balaban J connectivity index is 1.89. The van der Waals surface area contributed by atoms with E-state index in [0.717, 1.165) is 11.4 Å². The Bertz CT molecular complexity index is 1040. The second-order valence-electron chi connectivity index (χ2n) is 8.47. The maximum absolute atomic E-state index is 13.2. The normalized spacial score (nSPS) is 21.2. The molecule has 0 aromatic heterocycles. The minimum atomic E-state index is -0.457. The van der Waals surface area contributed by atoms with Crippen LogP contribution >= 0.6 is 0 Å². The number of Topliss-reactive ketones (excluding diaryl/α,β-unsaturated/α-hetero) is 1. The highest BCUT2D eigenvalue weighted by Gasteiger charge is 2.44. The molecule has 29 heavy (non-hydrogen) atoms. The molecular formula is C23H22N2O4. The number of nitro benzene ring substituents is 1. The van der Waals surface area contributed by atoms with Crippen molar-refractivity contribution in [2.75, 3.05) is 4.90 Å². The first kappa shape index (κ1) is 19.1. The summed E-state index contributed by atoms with van der Waals surface area (Å²) in [5, 5.41) is 11.2. The van der Waals surface area contributed by atoms with Crippen molar-refractivity contribution >= 4 is 23.1 Å². The number of ketones is 1. The van der Waals surface area contributed by atoms with Gasteiger partial charge in [0.2, 0.25) is 5.91 Å². The second kappa shape index (κ2) is 6.95. The van der Waals surface area contributed by atoms with Gasteiger partial charge in [-0.2, -0.15) is 0 Å². The van der Waals surface area contributed by atoms with E-state index in [2.05, 4.69) is 0 Å².